The Kier molecular flexibility index (Phi) is 4.01. The van der Waals surface area contributed by atoms with E-state index >= 15 is 0 Å². The molecule has 2 rings (SSSR count). The van der Waals surface area contributed by atoms with E-state index in [1.54, 1.807) is 0 Å². The molecule has 3 heteroatoms. The molecule has 3 nitrogen and oxygen atoms in total. The first kappa shape index (κ1) is 10.9. The molecule has 0 spiro atoms. The summed E-state index contributed by atoms with van der Waals surface area (Å²) in [6.07, 6.45) is 8.16. The first-order valence-corrected chi connectivity index (χ1v) is 5.85. The second-order valence-electron chi connectivity index (χ2n) is 4.57. The van der Waals surface area contributed by atoms with E-state index in [1.807, 2.05) is 0 Å². The first-order valence-electron chi connectivity index (χ1n) is 5.85. The summed E-state index contributed by atoms with van der Waals surface area (Å²) in [4.78, 5) is 2.38. The van der Waals surface area contributed by atoms with Crippen molar-refractivity contribution >= 4 is 0 Å². The average molecular weight is 208 g/mol. The molecule has 0 aromatic carbocycles. The first-order chi connectivity index (χ1) is 7.38. The number of nitrogens with one attached hydrogen (secondary N) is 1. The van der Waals surface area contributed by atoms with Crippen molar-refractivity contribution in [2.75, 3.05) is 39.4 Å². The van der Waals surface area contributed by atoms with Crippen molar-refractivity contribution in [3.05, 3.63) is 0 Å². The van der Waals surface area contributed by atoms with Crippen LogP contribution in [0.3, 0.4) is 0 Å². The summed E-state index contributed by atoms with van der Waals surface area (Å²) >= 11 is 0. The number of morpholine rings is 1. The molecule has 1 heterocycles. The summed E-state index contributed by atoms with van der Waals surface area (Å²) < 4.78 is 5.44. The Morgan fingerprint density at radius 1 is 1.40 bits per heavy atom. The molecule has 0 aromatic rings. The van der Waals surface area contributed by atoms with Gasteiger partial charge in [0.05, 0.1) is 19.8 Å². The predicted octanol–water partition coefficient (Wildman–Crippen LogP) is 0.320. The zero-order valence-corrected chi connectivity index (χ0v) is 9.24. The van der Waals surface area contributed by atoms with Gasteiger partial charge in [0.15, 0.2) is 0 Å². The molecule has 0 radical (unpaired) electrons. The van der Waals surface area contributed by atoms with E-state index in [-0.39, 0.29) is 0 Å². The molecule has 1 saturated heterocycles. The highest BCUT2D eigenvalue weighted by molar-refractivity contribution is 4.91. The van der Waals surface area contributed by atoms with Crippen molar-refractivity contribution in [3.8, 4) is 12.3 Å². The molecular formula is C12H20N2O. The summed E-state index contributed by atoms with van der Waals surface area (Å²) in [7, 11) is 0. The fourth-order valence-corrected chi connectivity index (χ4v) is 2.05. The van der Waals surface area contributed by atoms with Gasteiger partial charge >= 0.3 is 0 Å². The maximum absolute atomic E-state index is 5.44. The lowest BCUT2D eigenvalue weighted by Gasteiger charge is -2.29. The van der Waals surface area contributed by atoms with Gasteiger partial charge in [-0.1, -0.05) is 5.92 Å². The van der Waals surface area contributed by atoms with Crippen LogP contribution in [0.2, 0.25) is 0 Å². The average Bonchev–Trinajstić information content (AvgIpc) is 3.03. The highest BCUT2D eigenvalue weighted by Crippen LogP contribution is 2.29. The molecular weight excluding hydrogens is 188 g/mol. The van der Waals surface area contributed by atoms with Gasteiger partial charge in [-0.15, -0.1) is 6.42 Å². The standard InChI is InChI=1S/C12H20N2O/c1-2-6-14(8-11-3-4-11)9-12-10-15-7-5-13-12/h1,11-13H,3-10H2. The van der Waals surface area contributed by atoms with Crippen LogP contribution < -0.4 is 5.32 Å². The second kappa shape index (κ2) is 5.50. The summed E-state index contributed by atoms with van der Waals surface area (Å²) in [6, 6.07) is 0.464. The lowest BCUT2D eigenvalue weighted by atomic mass is 10.2. The number of ether oxygens (including phenoxy) is 1. The minimum absolute atomic E-state index is 0.464. The lowest BCUT2D eigenvalue weighted by molar-refractivity contribution is 0.0631. The fraction of sp³-hybridized carbons (Fsp3) is 0.833. The molecule has 1 atom stereocenters. The van der Waals surface area contributed by atoms with Gasteiger partial charge in [0.1, 0.15) is 0 Å². The topological polar surface area (TPSA) is 24.5 Å². The minimum Gasteiger partial charge on any atom is -0.378 e. The van der Waals surface area contributed by atoms with Crippen molar-refractivity contribution < 1.29 is 4.74 Å². The van der Waals surface area contributed by atoms with Crippen LogP contribution in [0.5, 0.6) is 0 Å². The monoisotopic (exact) mass is 208 g/mol. The lowest BCUT2D eigenvalue weighted by Crippen LogP contribution is -2.48. The maximum atomic E-state index is 5.44. The molecule has 1 saturated carbocycles. The van der Waals surface area contributed by atoms with Crippen LogP contribution in [0.15, 0.2) is 0 Å². The quantitative estimate of drug-likeness (QED) is 0.659. The van der Waals surface area contributed by atoms with E-state index in [9.17, 15) is 0 Å². The van der Waals surface area contributed by atoms with Crippen molar-refractivity contribution in [2.45, 2.75) is 18.9 Å². The second-order valence-corrected chi connectivity index (χ2v) is 4.57. The van der Waals surface area contributed by atoms with Crippen LogP contribution in [-0.4, -0.2) is 50.3 Å². The molecule has 15 heavy (non-hydrogen) atoms. The molecule has 0 bridgehead atoms. The SMILES string of the molecule is C#CCN(CC1CC1)CC1COCCN1. The highest BCUT2D eigenvalue weighted by atomic mass is 16.5. The predicted molar refractivity (Wildman–Crippen MR) is 60.6 cm³/mol. The molecule has 1 N–H and O–H groups in total. The van der Waals surface area contributed by atoms with Crippen LogP contribution in [-0.2, 0) is 4.74 Å². The van der Waals surface area contributed by atoms with Gasteiger partial charge in [0.25, 0.3) is 0 Å². The summed E-state index contributed by atoms with van der Waals surface area (Å²) in [6.45, 7) is 5.61. The Labute approximate surface area is 92.2 Å². The Morgan fingerprint density at radius 3 is 2.87 bits per heavy atom. The summed E-state index contributed by atoms with van der Waals surface area (Å²) in [5.74, 6) is 3.65. The molecule has 2 fully saturated rings. The van der Waals surface area contributed by atoms with E-state index in [2.05, 4.69) is 16.1 Å². The number of nitrogens with zero attached hydrogens (tertiary/aromatic N) is 1. The van der Waals surface area contributed by atoms with Gasteiger partial charge in [0, 0.05) is 25.7 Å². The van der Waals surface area contributed by atoms with Crippen molar-refractivity contribution in [2.24, 2.45) is 5.92 Å². The van der Waals surface area contributed by atoms with Crippen molar-refractivity contribution in [1.29, 1.82) is 0 Å². The zero-order chi connectivity index (χ0) is 10.5. The molecule has 2 aliphatic rings. The van der Waals surface area contributed by atoms with Gasteiger partial charge in [-0.05, 0) is 18.8 Å². The molecule has 84 valence electrons. The van der Waals surface area contributed by atoms with E-state index in [1.165, 1.54) is 19.4 Å². The minimum atomic E-state index is 0.464. The third kappa shape index (κ3) is 3.83. The normalized spacial score (nSPS) is 26.5. The smallest absolute Gasteiger partial charge is 0.0632 e. The molecule has 0 amide bonds. The molecule has 1 unspecified atom stereocenters. The Bertz CT molecular complexity index is 226. The number of hydrogen-bond donors (Lipinski definition) is 1. The third-order valence-electron chi connectivity index (χ3n) is 3.01. The number of rotatable bonds is 5. The van der Waals surface area contributed by atoms with Gasteiger partial charge in [-0.25, -0.2) is 0 Å². The molecule has 1 aliphatic carbocycles. The van der Waals surface area contributed by atoms with Crippen LogP contribution in [0.25, 0.3) is 0 Å². The van der Waals surface area contributed by atoms with E-state index < -0.39 is 0 Å². The zero-order valence-electron chi connectivity index (χ0n) is 9.24. The van der Waals surface area contributed by atoms with Crippen molar-refractivity contribution in [1.82, 2.24) is 10.2 Å². The fourth-order valence-electron chi connectivity index (χ4n) is 2.05. The van der Waals surface area contributed by atoms with Gasteiger partial charge in [0.2, 0.25) is 0 Å². The van der Waals surface area contributed by atoms with Gasteiger partial charge in [-0.2, -0.15) is 0 Å². The van der Waals surface area contributed by atoms with Crippen LogP contribution in [0, 0.1) is 18.3 Å². The van der Waals surface area contributed by atoms with E-state index in [0.717, 1.165) is 38.8 Å². The largest absolute Gasteiger partial charge is 0.378 e. The van der Waals surface area contributed by atoms with Crippen LogP contribution in [0.4, 0.5) is 0 Å². The Balaban J connectivity index is 1.73. The molecule has 0 aromatic heterocycles. The number of terminal acetylenes is 1. The number of hydrogen-bond acceptors (Lipinski definition) is 3. The summed E-state index contributed by atoms with van der Waals surface area (Å²) in [5, 5.41) is 3.47. The summed E-state index contributed by atoms with van der Waals surface area (Å²) in [5.41, 5.74) is 0. The van der Waals surface area contributed by atoms with E-state index in [0.29, 0.717) is 6.04 Å². The van der Waals surface area contributed by atoms with Crippen molar-refractivity contribution in [3.63, 3.8) is 0 Å². The Hall–Kier alpha value is -0.560. The highest BCUT2D eigenvalue weighted by Gasteiger charge is 2.25. The van der Waals surface area contributed by atoms with Gasteiger partial charge in [-0.3, -0.25) is 4.90 Å². The van der Waals surface area contributed by atoms with E-state index in [4.69, 9.17) is 11.2 Å². The molecule has 1 aliphatic heterocycles. The van der Waals surface area contributed by atoms with Crippen LogP contribution >= 0.6 is 0 Å². The third-order valence-corrected chi connectivity index (χ3v) is 3.01. The van der Waals surface area contributed by atoms with Crippen LogP contribution in [0.1, 0.15) is 12.8 Å². The Morgan fingerprint density at radius 2 is 2.27 bits per heavy atom. The maximum Gasteiger partial charge on any atom is 0.0632 e. The van der Waals surface area contributed by atoms with Gasteiger partial charge < -0.3 is 10.1 Å².